The first-order valence-corrected chi connectivity index (χ1v) is 10.2. The summed E-state index contributed by atoms with van der Waals surface area (Å²) in [6.07, 6.45) is 2.93. The zero-order valence-electron chi connectivity index (χ0n) is 15.4. The number of hydrogen-bond donors (Lipinski definition) is 1. The number of rotatable bonds is 4. The molecule has 2 aromatic rings. The molecule has 2 aromatic carbocycles. The van der Waals surface area contributed by atoms with Gasteiger partial charge in [-0.2, -0.15) is 0 Å². The molecule has 0 aromatic heterocycles. The number of halogens is 2. The van der Waals surface area contributed by atoms with Crippen molar-refractivity contribution >= 4 is 34.8 Å². The van der Waals surface area contributed by atoms with E-state index in [2.05, 4.69) is 22.3 Å². The van der Waals surface area contributed by atoms with Crippen LogP contribution in [0, 0.1) is 0 Å². The Hall–Kier alpha value is -1.95. The third kappa shape index (κ3) is 4.37. The van der Waals surface area contributed by atoms with Crippen molar-refractivity contribution in [3.63, 3.8) is 0 Å². The van der Waals surface area contributed by atoms with Crippen molar-refractivity contribution in [1.29, 1.82) is 0 Å². The van der Waals surface area contributed by atoms with E-state index in [4.69, 9.17) is 32.7 Å². The third-order valence-electron chi connectivity index (χ3n) is 5.07. The van der Waals surface area contributed by atoms with Gasteiger partial charge in [-0.25, -0.2) is 0 Å². The van der Waals surface area contributed by atoms with Gasteiger partial charge >= 0.3 is 0 Å². The van der Waals surface area contributed by atoms with Crippen LogP contribution in [0.15, 0.2) is 36.4 Å². The Kier molecular flexibility index (Phi) is 5.95. The highest BCUT2D eigenvalue weighted by Crippen LogP contribution is 2.37. The van der Waals surface area contributed by atoms with Gasteiger partial charge in [0.05, 0.1) is 30.5 Å². The highest BCUT2D eigenvalue weighted by atomic mass is 35.5. The minimum atomic E-state index is -0.106. The molecule has 2 aliphatic heterocycles. The SMILES string of the molecule is O=C(CN1CCC[C@H]1c1ccc2c(c1)OCCCO2)Nc1cc(Cl)ccc1Cl. The van der Waals surface area contributed by atoms with Crippen LogP contribution >= 0.6 is 23.2 Å². The van der Waals surface area contributed by atoms with Gasteiger partial charge in [0, 0.05) is 17.5 Å². The summed E-state index contributed by atoms with van der Waals surface area (Å²) in [6.45, 7) is 2.50. The molecule has 0 bridgehead atoms. The number of fused-ring (bicyclic) bond motifs is 1. The molecule has 0 saturated carbocycles. The van der Waals surface area contributed by atoms with Gasteiger partial charge in [0.1, 0.15) is 0 Å². The Labute approximate surface area is 174 Å². The van der Waals surface area contributed by atoms with Gasteiger partial charge in [0.15, 0.2) is 11.5 Å². The maximum atomic E-state index is 12.6. The van der Waals surface area contributed by atoms with Crippen molar-refractivity contribution in [2.75, 3.05) is 31.6 Å². The van der Waals surface area contributed by atoms with Crippen LogP contribution in [0.25, 0.3) is 0 Å². The summed E-state index contributed by atoms with van der Waals surface area (Å²) in [4.78, 5) is 14.8. The van der Waals surface area contributed by atoms with Crippen molar-refractivity contribution in [1.82, 2.24) is 4.90 Å². The van der Waals surface area contributed by atoms with Crippen molar-refractivity contribution in [3.05, 3.63) is 52.0 Å². The second kappa shape index (κ2) is 8.60. The number of anilines is 1. The zero-order valence-corrected chi connectivity index (χ0v) is 16.9. The summed E-state index contributed by atoms with van der Waals surface area (Å²) >= 11 is 12.2. The second-order valence-electron chi connectivity index (χ2n) is 7.06. The Morgan fingerprint density at radius 2 is 1.89 bits per heavy atom. The van der Waals surface area contributed by atoms with E-state index in [-0.39, 0.29) is 11.9 Å². The normalized spacial score (nSPS) is 19.3. The minimum absolute atomic E-state index is 0.106. The van der Waals surface area contributed by atoms with Gasteiger partial charge in [-0.15, -0.1) is 0 Å². The van der Waals surface area contributed by atoms with Crippen LogP contribution in [0.5, 0.6) is 11.5 Å². The number of nitrogens with zero attached hydrogens (tertiary/aromatic N) is 1. The van der Waals surface area contributed by atoms with Gasteiger partial charge in [-0.1, -0.05) is 29.3 Å². The fraction of sp³-hybridized carbons (Fsp3) is 0.381. The van der Waals surface area contributed by atoms with E-state index >= 15 is 0 Å². The highest BCUT2D eigenvalue weighted by molar-refractivity contribution is 6.35. The van der Waals surface area contributed by atoms with Crippen LogP contribution < -0.4 is 14.8 Å². The van der Waals surface area contributed by atoms with E-state index in [1.165, 1.54) is 0 Å². The molecule has 28 heavy (non-hydrogen) atoms. The number of amides is 1. The zero-order chi connectivity index (χ0) is 19.5. The summed E-state index contributed by atoms with van der Waals surface area (Å²) in [5.74, 6) is 1.47. The molecule has 5 nitrogen and oxygen atoms in total. The molecule has 1 saturated heterocycles. The van der Waals surface area contributed by atoms with Crippen molar-refractivity contribution in [2.24, 2.45) is 0 Å². The van der Waals surface area contributed by atoms with E-state index in [1.54, 1.807) is 18.2 Å². The molecule has 0 unspecified atom stereocenters. The first-order chi connectivity index (χ1) is 13.6. The molecule has 2 heterocycles. The standard InChI is InChI=1S/C21H22Cl2N2O3/c22-15-5-6-16(23)17(12-15)24-21(26)13-25-8-1-3-18(25)14-4-7-19-20(11-14)28-10-2-9-27-19/h4-7,11-12,18H,1-3,8-10,13H2,(H,24,26)/t18-/m0/s1. The molecule has 1 atom stereocenters. The molecule has 1 amide bonds. The number of benzene rings is 2. The second-order valence-corrected chi connectivity index (χ2v) is 7.90. The Morgan fingerprint density at radius 3 is 2.75 bits per heavy atom. The van der Waals surface area contributed by atoms with Crippen molar-refractivity contribution < 1.29 is 14.3 Å². The van der Waals surface area contributed by atoms with Gasteiger partial charge in [-0.3, -0.25) is 9.69 Å². The van der Waals surface area contributed by atoms with Crippen LogP contribution in [0.2, 0.25) is 10.0 Å². The molecule has 0 spiro atoms. The monoisotopic (exact) mass is 420 g/mol. The lowest BCUT2D eigenvalue weighted by molar-refractivity contribution is -0.117. The smallest absolute Gasteiger partial charge is 0.238 e. The van der Waals surface area contributed by atoms with Crippen LogP contribution in [0.4, 0.5) is 5.69 Å². The van der Waals surface area contributed by atoms with Gasteiger partial charge in [-0.05, 0) is 55.3 Å². The Bertz CT molecular complexity index is 875. The molecule has 2 aliphatic rings. The molecule has 0 aliphatic carbocycles. The lowest BCUT2D eigenvalue weighted by Crippen LogP contribution is -2.33. The first kappa shape index (κ1) is 19.4. The van der Waals surface area contributed by atoms with Crippen LogP contribution in [0.1, 0.15) is 30.9 Å². The van der Waals surface area contributed by atoms with Crippen molar-refractivity contribution in [2.45, 2.75) is 25.3 Å². The molecular formula is C21H22Cl2N2O3. The van der Waals surface area contributed by atoms with E-state index < -0.39 is 0 Å². The Balaban J connectivity index is 1.45. The van der Waals surface area contributed by atoms with E-state index in [0.717, 1.165) is 42.9 Å². The summed E-state index contributed by atoms with van der Waals surface area (Å²) in [7, 11) is 0. The lowest BCUT2D eigenvalue weighted by Gasteiger charge is -2.25. The summed E-state index contributed by atoms with van der Waals surface area (Å²) < 4.78 is 11.5. The first-order valence-electron chi connectivity index (χ1n) is 9.48. The predicted octanol–water partition coefficient (Wildman–Crippen LogP) is 4.93. The summed E-state index contributed by atoms with van der Waals surface area (Å²) in [5.41, 5.74) is 1.68. The van der Waals surface area contributed by atoms with Crippen LogP contribution in [-0.4, -0.2) is 37.1 Å². The lowest BCUT2D eigenvalue weighted by atomic mass is 10.0. The fourth-order valence-electron chi connectivity index (χ4n) is 3.75. The molecule has 7 heteroatoms. The fourth-order valence-corrected chi connectivity index (χ4v) is 4.08. The number of carbonyl (C=O) groups excluding carboxylic acids is 1. The summed E-state index contributed by atoms with van der Waals surface area (Å²) in [6, 6.07) is 11.3. The quantitative estimate of drug-likeness (QED) is 0.761. The number of hydrogen-bond acceptors (Lipinski definition) is 4. The van der Waals surface area contributed by atoms with Gasteiger partial charge < -0.3 is 14.8 Å². The molecular weight excluding hydrogens is 399 g/mol. The topological polar surface area (TPSA) is 50.8 Å². The number of nitrogens with one attached hydrogen (secondary N) is 1. The van der Waals surface area contributed by atoms with Crippen LogP contribution in [0.3, 0.4) is 0 Å². The van der Waals surface area contributed by atoms with E-state index in [0.29, 0.717) is 35.5 Å². The molecule has 4 rings (SSSR count). The van der Waals surface area contributed by atoms with Gasteiger partial charge in [0.25, 0.3) is 0 Å². The van der Waals surface area contributed by atoms with Gasteiger partial charge in [0.2, 0.25) is 5.91 Å². The molecule has 148 valence electrons. The highest BCUT2D eigenvalue weighted by Gasteiger charge is 2.28. The average molecular weight is 421 g/mol. The molecule has 1 N–H and O–H groups in total. The predicted molar refractivity (Wildman–Crippen MR) is 111 cm³/mol. The average Bonchev–Trinajstić information content (AvgIpc) is 3.00. The number of likely N-dealkylation sites (tertiary alicyclic amines) is 1. The number of ether oxygens (including phenoxy) is 2. The maximum absolute atomic E-state index is 12.6. The largest absolute Gasteiger partial charge is 0.490 e. The number of carbonyl (C=O) groups is 1. The summed E-state index contributed by atoms with van der Waals surface area (Å²) in [5, 5.41) is 3.87. The maximum Gasteiger partial charge on any atom is 0.238 e. The molecule has 0 radical (unpaired) electrons. The minimum Gasteiger partial charge on any atom is -0.490 e. The van der Waals surface area contributed by atoms with E-state index in [1.807, 2.05) is 6.07 Å². The van der Waals surface area contributed by atoms with E-state index in [9.17, 15) is 4.79 Å². The third-order valence-corrected chi connectivity index (χ3v) is 5.63. The van der Waals surface area contributed by atoms with Crippen molar-refractivity contribution in [3.8, 4) is 11.5 Å². The molecule has 1 fully saturated rings. The van der Waals surface area contributed by atoms with Crippen LogP contribution in [-0.2, 0) is 4.79 Å². The Morgan fingerprint density at radius 1 is 1.07 bits per heavy atom.